The van der Waals surface area contributed by atoms with Crippen LogP contribution in [0.15, 0.2) is 12.1 Å². The van der Waals surface area contributed by atoms with Gasteiger partial charge in [0.25, 0.3) is 11.6 Å². The van der Waals surface area contributed by atoms with Crippen LogP contribution in [0.4, 0.5) is 11.5 Å². The van der Waals surface area contributed by atoms with E-state index in [2.05, 4.69) is 10.3 Å². The number of likely N-dealkylation sites (N-methyl/N-ethyl adjacent to an activating group) is 1. The van der Waals surface area contributed by atoms with E-state index in [4.69, 9.17) is 11.6 Å². The molecule has 2 rings (SSSR count). The first-order valence-corrected chi connectivity index (χ1v) is 5.65. The minimum Gasteiger partial charge on any atom is -0.358 e. The van der Waals surface area contributed by atoms with E-state index >= 15 is 0 Å². The van der Waals surface area contributed by atoms with Crippen LogP contribution in [0.3, 0.4) is 0 Å². The van der Waals surface area contributed by atoms with E-state index < -0.39 is 16.9 Å². The second kappa shape index (κ2) is 4.81. The Hall–Kier alpha value is -2.22. The number of imide groups is 1. The maximum absolute atomic E-state index is 11.7. The molecule has 19 heavy (non-hydrogen) atoms. The van der Waals surface area contributed by atoms with Crippen LogP contribution in [0.5, 0.6) is 0 Å². The highest BCUT2D eigenvalue weighted by molar-refractivity contribution is 6.29. The molecule has 2 amide bonds. The van der Waals surface area contributed by atoms with Gasteiger partial charge >= 0.3 is 0 Å². The average molecular weight is 285 g/mol. The van der Waals surface area contributed by atoms with Gasteiger partial charge < -0.3 is 5.32 Å². The Morgan fingerprint density at radius 2 is 2.21 bits per heavy atom. The topological polar surface area (TPSA) is 105 Å². The van der Waals surface area contributed by atoms with Crippen molar-refractivity contribution in [2.24, 2.45) is 0 Å². The van der Waals surface area contributed by atoms with Crippen LogP contribution in [0, 0.1) is 10.1 Å². The fourth-order valence-corrected chi connectivity index (χ4v) is 1.91. The molecule has 0 spiro atoms. The fraction of sp³-hybridized carbons (Fsp3) is 0.300. The van der Waals surface area contributed by atoms with Crippen molar-refractivity contribution in [1.82, 2.24) is 9.88 Å². The van der Waals surface area contributed by atoms with Crippen LogP contribution in [-0.2, 0) is 9.59 Å². The van der Waals surface area contributed by atoms with Gasteiger partial charge in [0, 0.05) is 7.05 Å². The number of likely N-dealkylation sites (tertiary alicyclic amines) is 1. The van der Waals surface area contributed by atoms with Gasteiger partial charge in [-0.2, -0.15) is 0 Å². The molecule has 100 valence electrons. The second-order valence-corrected chi connectivity index (χ2v) is 4.37. The van der Waals surface area contributed by atoms with Crippen LogP contribution in [0.2, 0.25) is 5.15 Å². The summed E-state index contributed by atoms with van der Waals surface area (Å²) in [5.41, 5.74) is -0.243. The minimum atomic E-state index is -0.775. The molecule has 0 aliphatic carbocycles. The molecule has 0 bridgehead atoms. The van der Waals surface area contributed by atoms with Gasteiger partial charge in [-0.3, -0.25) is 24.6 Å². The highest BCUT2D eigenvalue weighted by Gasteiger charge is 2.36. The normalized spacial score (nSPS) is 18.8. The van der Waals surface area contributed by atoms with Gasteiger partial charge in [0.15, 0.2) is 0 Å². The number of rotatable bonds is 3. The van der Waals surface area contributed by atoms with Crippen molar-refractivity contribution >= 4 is 34.9 Å². The van der Waals surface area contributed by atoms with Gasteiger partial charge in [-0.25, -0.2) is 4.98 Å². The minimum absolute atomic E-state index is 0.0165. The lowest BCUT2D eigenvalue weighted by atomic mass is 10.2. The molecule has 0 saturated carbocycles. The largest absolute Gasteiger partial charge is 0.358 e. The lowest BCUT2D eigenvalue weighted by molar-refractivity contribution is -0.384. The summed E-state index contributed by atoms with van der Waals surface area (Å²) in [5, 5.41) is 13.3. The maximum Gasteiger partial charge on any atom is 0.276 e. The molecule has 1 N–H and O–H groups in total. The Kier molecular flexibility index (Phi) is 3.34. The molecule has 2 heterocycles. The molecule has 0 aromatic carbocycles. The number of hydrogen-bond acceptors (Lipinski definition) is 6. The number of carbonyl (C=O) groups is 2. The molecule has 8 nitrogen and oxygen atoms in total. The smallest absolute Gasteiger partial charge is 0.276 e. The summed E-state index contributed by atoms with van der Waals surface area (Å²) in [4.78, 5) is 37.9. The SMILES string of the molecule is CN1C(=O)CC(Nc2cc([N+](=O)[O-])cc(Cl)n2)C1=O. The van der Waals surface area contributed by atoms with Crippen LogP contribution in [0.1, 0.15) is 6.42 Å². The number of nitrogens with zero attached hydrogens (tertiary/aromatic N) is 3. The predicted molar refractivity (Wildman–Crippen MR) is 65.7 cm³/mol. The zero-order valence-electron chi connectivity index (χ0n) is 9.79. The highest BCUT2D eigenvalue weighted by atomic mass is 35.5. The molecule has 1 atom stereocenters. The number of amides is 2. The molecule has 1 aliphatic heterocycles. The lowest BCUT2D eigenvalue weighted by Gasteiger charge is -2.11. The van der Waals surface area contributed by atoms with Crippen LogP contribution >= 0.6 is 11.6 Å². The molecule has 1 aromatic heterocycles. The molecular weight excluding hydrogens is 276 g/mol. The Bertz CT molecular complexity index is 577. The van der Waals surface area contributed by atoms with Crippen LogP contribution in [-0.4, -0.2) is 39.7 Å². The van der Waals surface area contributed by atoms with E-state index in [0.29, 0.717) is 0 Å². The van der Waals surface area contributed by atoms with Crippen molar-refractivity contribution in [3.63, 3.8) is 0 Å². The second-order valence-electron chi connectivity index (χ2n) is 3.98. The van der Waals surface area contributed by atoms with Gasteiger partial charge in [-0.1, -0.05) is 11.6 Å². The maximum atomic E-state index is 11.7. The predicted octanol–water partition coefficient (Wildman–Crippen LogP) is 0.812. The third-order valence-corrected chi connectivity index (χ3v) is 2.89. The monoisotopic (exact) mass is 284 g/mol. The molecule has 1 aliphatic rings. The number of nitro groups is 1. The number of nitrogens with one attached hydrogen (secondary N) is 1. The summed E-state index contributed by atoms with van der Waals surface area (Å²) in [5.74, 6) is -0.644. The average Bonchev–Trinajstić information content (AvgIpc) is 2.56. The summed E-state index contributed by atoms with van der Waals surface area (Å²) < 4.78 is 0. The Morgan fingerprint density at radius 1 is 1.53 bits per heavy atom. The molecule has 1 fully saturated rings. The number of hydrogen-bond donors (Lipinski definition) is 1. The number of anilines is 1. The van der Waals surface area contributed by atoms with Crippen molar-refractivity contribution in [2.75, 3.05) is 12.4 Å². The van der Waals surface area contributed by atoms with Gasteiger partial charge in [-0.05, 0) is 0 Å². The Balaban J connectivity index is 2.22. The molecule has 1 saturated heterocycles. The first-order chi connectivity index (χ1) is 8.88. The summed E-state index contributed by atoms with van der Waals surface area (Å²) in [6.07, 6.45) is -0.0165. The first kappa shape index (κ1) is 13.2. The standard InChI is InChI=1S/C10H9ClN4O4/c1-14-9(16)4-6(10(14)17)12-8-3-5(15(18)19)2-7(11)13-8/h2-3,6H,4H2,1H3,(H,12,13). The van der Waals surface area contributed by atoms with Crippen LogP contribution < -0.4 is 5.32 Å². The van der Waals surface area contributed by atoms with E-state index in [1.165, 1.54) is 7.05 Å². The van der Waals surface area contributed by atoms with E-state index in [1.54, 1.807) is 0 Å². The summed E-state index contributed by atoms with van der Waals surface area (Å²) in [6.45, 7) is 0. The molecule has 1 unspecified atom stereocenters. The van der Waals surface area contributed by atoms with Gasteiger partial charge in [0.05, 0.1) is 23.5 Å². The quantitative estimate of drug-likeness (QED) is 0.381. The lowest BCUT2D eigenvalue weighted by Crippen LogP contribution is -2.32. The highest BCUT2D eigenvalue weighted by Crippen LogP contribution is 2.23. The number of halogens is 1. The van der Waals surface area contributed by atoms with E-state index in [9.17, 15) is 19.7 Å². The van der Waals surface area contributed by atoms with Gasteiger partial charge in [0.2, 0.25) is 5.91 Å². The van der Waals surface area contributed by atoms with Crippen molar-refractivity contribution in [3.8, 4) is 0 Å². The Morgan fingerprint density at radius 3 is 2.74 bits per heavy atom. The van der Waals surface area contributed by atoms with Crippen molar-refractivity contribution in [3.05, 3.63) is 27.4 Å². The molecule has 9 heteroatoms. The van der Waals surface area contributed by atoms with Crippen LogP contribution in [0.25, 0.3) is 0 Å². The zero-order valence-corrected chi connectivity index (χ0v) is 10.5. The number of pyridine rings is 1. The fourth-order valence-electron chi connectivity index (χ4n) is 1.71. The molecule has 1 aromatic rings. The van der Waals surface area contributed by atoms with E-state index in [1.807, 2.05) is 0 Å². The van der Waals surface area contributed by atoms with Gasteiger partial charge in [-0.15, -0.1) is 0 Å². The molecular formula is C10H9ClN4O4. The summed E-state index contributed by atoms with van der Waals surface area (Å²) >= 11 is 5.66. The third-order valence-electron chi connectivity index (χ3n) is 2.69. The Labute approximate surface area is 112 Å². The van der Waals surface area contributed by atoms with Crippen molar-refractivity contribution < 1.29 is 14.5 Å². The molecule has 0 radical (unpaired) electrons. The van der Waals surface area contributed by atoms with Crippen molar-refractivity contribution in [1.29, 1.82) is 0 Å². The van der Waals surface area contributed by atoms with Crippen molar-refractivity contribution in [2.45, 2.75) is 12.5 Å². The van der Waals surface area contributed by atoms with Gasteiger partial charge in [0.1, 0.15) is 17.0 Å². The number of carbonyl (C=O) groups excluding carboxylic acids is 2. The third kappa shape index (κ3) is 2.63. The van der Waals surface area contributed by atoms with E-state index in [-0.39, 0.29) is 29.0 Å². The first-order valence-electron chi connectivity index (χ1n) is 5.27. The summed E-state index contributed by atoms with van der Waals surface area (Å²) in [7, 11) is 1.38. The summed E-state index contributed by atoms with van der Waals surface area (Å²) in [6, 6.07) is 1.48. The number of aromatic nitrogens is 1. The zero-order chi connectivity index (χ0) is 14.2. The van der Waals surface area contributed by atoms with E-state index in [0.717, 1.165) is 17.0 Å².